The smallest absolute Gasteiger partial charge is 0.246 e. The van der Waals surface area contributed by atoms with Crippen molar-refractivity contribution in [2.75, 3.05) is 45.1 Å². The molecule has 1 fully saturated rings. The fraction of sp³-hybridized carbons (Fsp3) is 0.417. The van der Waals surface area contributed by atoms with E-state index in [4.69, 9.17) is 0 Å². The van der Waals surface area contributed by atoms with Crippen LogP contribution in [0.1, 0.15) is 19.4 Å². The van der Waals surface area contributed by atoms with E-state index in [9.17, 15) is 22.4 Å². The van der Waals surface area contributed by atoms with Crippen molar-refractivity contribution in [1.82, 2.24) is 14.1 Å². The number of carbonyl (C=O) groups is 2. The van der Waals surface area contributed by atoms with E-state index in [1.54, 1.807) is 14.0 Å². The van der Waals surface area contributed by atoms with E-state index >= 15 is 0 Å². The molecule has 8 nitrogen and oxygen atoms in total. The van der Waals surface area contributed by atoms with Gasteiger partial charge < -0.3 is 10.2 Å². The topological polar surface area (TPSA) is 90.0 Å². The number of sulfonamides is 1. The third-order valence-electron chi connectivity index (χ3n) is 6.06. The highest BCUT2D eigenvalue weighted by Gasteiger charge is 2.34. The van der Waals surface area contributed by atoms with E-state index in [0.29, 0.717) is 13.1 Å². The number of piperazine rings is 1. The number of nitrogens with one attached hydrogen (secondary N) is 1. The molecule has 3 rings (SSSR count). The number of hydrogen-bond acceptors (Lipinski definition) is 5. The van der Waals surface area contributed by atoms with Crippen LogP contribution < -0.4 is 5.32 Å². The number of halogens is 1. The van der Waals surface area contributed by atoms with Crippen molar-refractivity contribution in [1.29, 1.82) is 0 Å². The summed E-state index contributed by atoms with van der Waals surface area (Å²) in [5, 5.41) is 2.86. The van der Waals surface area contributed by atoms with E-state index < -0.39 is 21.9 Å². The van der Waals surface area contributed by atoms with Gasteiger partial charge in [-0.1, -0.05) is 37.3 Å². The van der Waals surface area contributed by atoms with Crippen molar-refractivity contribution in [3.8, 4) is 0 Å². The Labute approximate surface area is 200 Å². The average molecular weight is 491 g/mol. The molecule has 2 amide bonds. The molecular weight excluding hydrogens is 459 g/mol. The van der Waals surface area contributed by atoms with E-state index in [0.717, 1.165) is 23.7 Å². The standard InChI is InChI=1S/C24H31FN4O4S/c1-4-19-9-5-7-11-21(19)26-23(30)17-27(3)24(31)18(2)28-13-15-29(16-14-28)34(32,33)22-12-8-6-10-20(22)25/h5-12,18H,4,13-17H2,1-3H3,(H,26,30). The van der Waals surface area contributed by atoms with E-state index in [2.05, 4.69) is 5.32 Å². The normalized spacial score (nSPS) is 16.1. The Morgan fingerprint density at radius 3 is 2.32 bits per heavy atom. The van der Waals surface area contributed by atoms with Crippen molar-refractivity contribution in [2.45, 2.75) is 31.2 Å². The first-order valence-electron chi connectivity index (χ1n) is 11.3. The first-order chi connectivity index (χ1) is 16.1. The number of anilines is 1. The summed E-state index contributed by atoms with van der Waals surface area (Å²) < 4.78 is 40.8. The first-order valence-corrected chi connectivity index (χ1v) is 12.7. The Morgan fingerprint density at radius 2 is 1.68 bits per heavy atom. The Morgan fingerprint density at radius 1 is 1.06 bits per heavy atom. The molecule has 1 saturated heterocycles. The fourth-order valence-electron chi connectivity index (χ4n) is 4.03. The summed E-state index contributed by atoms with van der Waals surface area (Å²) >= 11 is 0. The first kappa shape index (κ1) is 25.8. The van der Waals surface area contributed by atoms with Gasteiger partial charge in [0.15, 0.2) is 0 Å². The lowest BCUT2D eigenvalue weighted by Gasteiger charge is -2.37. The zero-order valence-corrected chi connectivity index (χ0v) is 20.5. The van der Waals surface area contributed by atoms with Crippen LogP contribution in [0.25, 0.3) is 0 Å². The zero-order valence-electron chi connectivity index (χ0n) is 19.7. The van der Waals surface area contributed by atoms with Crippen LogP contribution >= 0.6 is 0 Å². The average Bonchev–Trinajstić information content (AvgIpc) is 2.83. The molecule has 0 spiro atoms. The third kappa shape index (κ3) is 5.81. The summed E-state index contributed by atoms with van der Waals surface area (Å²) in [6, 6.07) is 12.3. The number of carbonyl (C=O) groups excluding carboxylic acids is 2. The second-order valence-electron chi connectivity index (χ2n) is 8.30. The van der Waals surface area contributed by atoms with Gasteiger partial charge in [-0.05, 0) is 37.1 Å². The molecule has 0 aromatic heterocycles. The highest BCUT2D eigenvalue weighted by Crippen LogP contribution is 2.21. The van der Waals surface area contributed by atoms with Gasteiger partial charge in [0.05, 0.1) is 12.6 Å². The van der Waals surface area contributed by atoms with Gasteiger partial charge in [0.1, 0.15) is 10.7 Å². The Bertz CT molecular complexity index is 1130. The van der Waals surface area contributed by atoms with Gasteiger partial charge in [-0.3, -0.25) is 14.5 Å². The third-order valence-corrected chi connectivity index (χ3v) is 7.99. The van der Waals surface area contributed by atoms with Gasteiger partial charge in [0, 0.05) is 38.9 Å². The summed E-state index contributed by atoms with van der Waals surface area (Å²) in [5.74, 6) is -1.30. The number of aryl methyl sites for hydroxylation is 1. The van der Waals surface area contributed by atoms with Crippen LogP contribution in [0.2, 0.25) is 0 Å². The minimum absolute atomic E-state index is 0.0944. The van der Waals surface area contributed by atoms with Gasteiger partial charge in [0.25, 0.3) is 0 Å². The number of para-hydroxylation sites is 1. The largest absolute Gasteiger partial charge is 0.335 e. The molecule has 0 radical (unpaired) electrons. The molecule has 0 aliphatic carbocycles. The van der Waals surface area contributed by atoms with Crippen LogP contribution in [0.3, 0.4) is 0 Å². The van der Waals surface area contributed by atoms with Crippen molar-refractivity contribution >= 4 is 27.5 Å². The predicted octanol–water partition coefficient (Wildman–Crippen LogP) is 2.18. The molecule has 1 unspecified atom stereocenters. The molecule has 1 atom stereocenters. The van der Waals surface area contributed by atoms with Crippen LogP contribution in [-0.4, -0.2) is 80.2 Å². The maximum Gasteiger partial charge on any atom is 0.246 e. The van der Waals surface area contributed by atoms with Crippen LogP contribution in [0, 0.1) is 5.82 Å². The summed E-state index contributed by atoms with van der Waals surface area (Å²) in [6.45, 7) is 4.59. The summed E-state index contributed by atoms with van der Waals surface area (Å²) in [7, 11) is -2.37. The van der Waals surface area contributed by atoms with Gasteiger partial charge in [-0.15, -0.1) is 0 Å². The predicted molar refractivity (Wildman–Crippen MR) is 128 cm³/mol. The summed E-state index contributed by atoms with van der Waals surface area (Å²) in [4.78, 5) is 28.3. The van der Waals surface area contributed by atoms with Crippen LogP contribution in [0.4, 0.5) is 10.1 Å². The summed E-state index contributed by atoms with van der Waals surface area (Å²) in [5.41, 5.74) is 1.75. The SMILES string of the molecule is CCc1ccccc1NC(=O)CN(C)C(=O)C(C)N1CCN(S(=O)(=O)c2ccccc2F)CC1. The highest BCUT2D eigenvalue weighted by atomic mass is 32.2. The van der Waals surface area contributed by atoms with Crippen LogP contribution in [-0.2, 0) is 26.0 Å². The number of nitrogens with zero attached hydrogens (tertiary/aromatic N) is 3. The fourth-order valence-corrected chi connectivity index (χ4v) is 5.52. The van der Waals surface area contributed by atoms with Gasteiger partial charge in [-0.2, -0.15) is 4.31 Å². The quantitative estimate of drug-likeness (QED) is 0.613. The number of benzene rings is 2. The maximum absolute atomic E-state index is 14.0. The number of hydrogen-bond donors (Lipinski definition) is 1. The molecule has 2 aromatic carbocycles. The zero-order chi connectivity index (χ0) is 24.9. The molecule has 1 aliphatic heterocycles. The molecule has 0 saturated carbocycles. The van der Waals surface area contributed by atoms with E-state index in [1.165, 1.54) is 27.4 Å². The second kappa shape index (κ2) is 11.1. The highest BCUT2D eigenvalue weighted by molar-refractivity contribution is 7.89. The van der Waals surface area contributed by atoms with Crippen LogP contribution in [0.15, 0.2) is 53.4 Å². The van der Waals surface area contributed by atoms with E-state index in [1.807, 2.05) is 36.1 Å². The van der Waals surface area contributed by atoms with E-state index in [-0.39, 0.29) is 36.3 Å². The molecule has 34 heavy (non-hydrogen) atoms. The van der Waals surface area contributed by atoms with Gasteiger partial charge in [-0.25, -0.2) is 12.8 Å². The molecule has 1 N–H and O–H groups in total. The second-order valence-corrected chi connectivity index (χ2v) is 10.2. The Kier molecular flexibility index (Phi) is 8.40. The molecule has 1 heterocycles. The number of likely N-dealkylation sites (N-methyl/N-ethyl adjacent to an activating group) is 1. The Hall–Kier alpha value is -2.82. The molecule has 2 aromatic rings. The number of amides is 2. The van der Waals surface area contributed by atoms with Crippen molar-refractivity contribution in [2.24, 2.45) is 0 Å². The van der Waals surface area contributed by atoms with Gasteiger partial charge >= 0.3 is 0 Å². The molecule has 184 valence electrons. The maximum atomic E-state index is 14.0. The molecule has 1 aliphatic rings. The van der Waals surface area contributed by atoms with Gasteiger partial charge in [0.2, 0.25) is 21.8 Å². The molecular formula is C24H31FN4O4S. The monoisotopic (exact) mass is 490 g/mol. The minimum Gasteiger partial charge on any atom is -0.335 e. The van der Waals surface area contributed by atoms with Crippen molar-refractivity contribution in [3.05, 3.63) is 59.9 Å². The lowest BCUT2D eigenvalue weighted by molar-refractivity contribution is -0.138. The van der Waals surface area contributed by atoms with Crippen molar-refractivity contribution < 1.29 is 22.4 Å². The minimum atomic E-state index is -3.95. The molecule has 10 heteroatoms. The van der Waals surface area contributed by atoms with Crippen LogP contribution in [0.5, 0.6) is 0 Å². The van der Waals surface area contributed by atoms with Crippen molar-refractivity contribution in [3.63, 3.8) is 0 Å². The molecule has 0 bridgehead atoms. The summed E-state index contributed by atoms with van der Waals surface area (Å²) in [6.07, 6.45) is 0.779. The lowest BCUT2D eigenvalue weighted by atomic mass is 10.1. The lowest BCUT2D eigenvalue weighted by Crippen LogP contribution is -2.55. The Balaban J connectivity index is 1.55. The number of rotatable bonds is 8.